The summed E-state index contributed by atoms with van der Waals surface area (Å²) in [5, 5.41) is 63.7. The summed E-state index contributed by atoms with van der Waals surface area (Å²) in [4.78, 5) is 152. The van der Waals surface area contributed by atoms with Gasteiger partial charge in [-0.2, -0.15) is 0 Å². The van der Waals surface area contributed by atoms with Crippen LogP contribution in [0.2, 0.25) is 0 Å². The zero-order chi connectivity index (χ0) is 61.0. The van der Waals surface area contributed by atoms with E-state index in [1.807, 2.05) is 0 Å². The van der Waals surface area contributed by atoms with Gasteiger partial charge in [-0.3, -0.25) is 47.9 Å². The minimum absolute atomic E-state index is 0.00913. The third kappa shape index (κ3) is 27.0. The largest absolute Gasteiger partial charge is 0.481 e. The summed E-state index contributed by atoms with van der Waals surface area (Å²) < 4.78 is 5.82. The first-order valence-corrected chi connectivity index (χ1v) is 28.5. The second-order valence-corrected chi connectivity index (χ2v) is 22.9. The number of esters is 1. The molecule has 1 rings (SSSR count). The summed E-state index contributed by atoms with van der Waals surface area (Å²) in [5.41, 5.74) is 0. The minimum Gasteiger partial charge on any atom is -0.481 e. The van der Waals surface area contributed by atoms with E-state index in [4.69, 9.17) is 4.74 Å². The Morgan fingerprint density at radius 2 is 1.04 bits per heavy atom. The van der Waals surface area contributed by atoms with E-state index in [1.54, 1.807) is 69.2 Å². The molecule has 1 aliphatic rings. The van der Waals surface area contributed by atoms with Gasteiger partial charge in [0, 0.05) is 6.42 Å². The molecule has 0 spiro atoms. The Kier molecular flexibility index (Phi) is 33.5. The molecule has 1 heterocycles. The Bertz CT molecular complexity index is 2040. The molecule has 0 unspecified atom stereocenters. The molecule has 1 aliphatic heterocycles. The van der Waals surface area contributed by atoms with E-state index < -0.39 is 164 Å². The molecule has 0 bridgehead atoms. The molecule has 1 saturated heterocycles. The summed E-state index contributed by atoms with van der Waals surface area (Å²) in [6.45, 7) is 18.6. The third-order valence-corrected chi connectivity index (χ3v) is 13.5. The number of hydrogen-bond donors (Lipinski definition) is 13. The number of aliphatic hydroxyl groups excluding tert-OH is 3. The highest BCUT2D eigenvalue weighted by Crippen LogP contribution is 2.17. The van der Waals surface area contributed by atoms with Crippen molar-refractivity contribution in [1.82, 2.24) is 47.9 Å². The van der Waals surface area contributed by atoms with E-state index in [0.29, 0.717) is 12.8 Å². The zero-order valence-corrected chi connectivity index (χ0v) is 49.2. The van der Waals surface area contributed by atoms with Crippen molar-refractivity contribution in [3.05, 3.63) is 0 Å². The summed E-state index contributed by atoms with van der Waals surface area (Å²) in [6, 6.07) is -14.1. The SMILES string of the molecule is CCCCCCC[C@@H](O)CC(=O)N[C@@H](CC(C)C)C(=O)N[C@H](CCC(=O)O)C(=O)N[C@H]1C(=O)N[C@H]([C@H](C)CC)C(=O)N[C@@H](CC(C)C)C(=O)N[C@H](CO)C(=O)N[C@@H](CC(C)C)C(=O)N[C@H](CO)C(=O)N[C@@H](CC(C)C)C(=O)O[C@@H]1C. The fraction of sp³-hybridized carbons (Fsp3) is 0.800. The molecule has 0 radical (unpaired) electrons. The Morgan fingerprint density at radius 3 is 1.51 bits per heavy atom. The van der Waals surface area contributed by atoms with Crippen LogP contribution in [0.3, 0.4) is 0 Å². The quantitative estimate of drug-likeness (QED) is 0.0374. The van der Waals surface area contributed by atoms with Gasteiger partial charge in [0.05, 0.1) is 25.7 Å². The smallest absolute Gasteiger partial charge is 0.328 e. The maximum absolute atomic E-state index is 14.8. The van der Waals surface area contributed by atoms with Crippen molar-refractivity contribution in [1.29, 1.82) is 0 Å². The van der Waals surface area contributed by atoms with Crippen molar-refractivity contribution in [3.8, 4) is 0 Å². The molecule has 0 aromatic carbocycles. The lowest BCUT2D eigenvalue weighted by molar-refractivity contribution is -0.157. The van der Waals surface area contributed by atoms with Gasteiger partial charge in [0.25, 0.3) is 0 Å². The molecule has 458 valence electrons. The first-order chi connectivity index (χ1) is 37.5. The van der Waals surface area contributed by atoms with E-state index in [2.05, 4.69) is 54.8 Å². The molecule has 25 heteroatoms. The first kappa shape index (κ1) is 72.1. The van der Waals surface area contributed by atoms with Crippen LogP contribution in [-0.2, 0) is 57.5 Å². The Balaban J connectivity index is 4.03. The number of cyclic esters (lactones) is 1. The molecular weight excluding hydrogens is 1040 g/mol. The number of unbranched alkanes of at least 4 members (excludes halogenated alkanes) is 4. The van der Waals surface area contributed by atoms with Crippen molar-refractivity contribution in [2.45, 2.75) is 240 Å². The maximum Gasteiger partial charge on any atom is 0.328 e. The van der Waals surface area contributed by atoms with Gasteiger partial charge in [-0.15, -0.1) is 0 Å². The van der Waals surface area contributed by atoms with Crippen LogP contribution >= 0.6 is 0 Å². The molecule has 0 aromatic heterocycles. The van der Waals surface area contributed by atoms with Crippen molar-refractivity contribution < 1.29 is 77.9 Å². The number of carbonyl (C=O) groups is 11. The number of hydrogen-bond acceptors (Lipinski definition) is 15. The highest BCUT2D eigenvalue weighted by atomic mass is 16.5. The second-order valence-electron chi connectivity index (χ2n) is 22.9. The van der Waals surface area contributed by atoms with Gasteiger partial charge in [-0.1, -0.05) is 115 Å². The number of aliphatic hydroxyl groups is 3. The number of carboxylic acid groups (broad SMARTS) is 1. The number of ether oxygens (including phenoxy) is 1. The number of rotatable bonds is 28. The zero-order valence-electron chi connectivity index (χ0n) is 49.2. The first-order valence-electron chi connectivity index (χ1n) is 28.5. The van der Waals surface area contributed by atoms with Gasteiger partial charge in [-0.05, 0) is 75.0 Å². The van der Waals surface area contributed by atoms with Crippen LogP contribution in [0.4, 0.5) is 0 Å². The minimum atomic E-state index is -1.95. The van der Waals surface area contributed by atoms with Crippen LogP contribution in [0.1, 0.15) is 173 Å². The monoisotopic (exact) mass is 1140 g/mol. The molecular formula is C55H97N9O16. The molecule has 1 fully saturated rings. The van der Waals surface area contributed by atoms with Crippen molar-refractivity contribution in [3.63, 3.8) is 0 Å². The van der Waals surface area contributed by atoms with Crippen LogP contribution in [0.25, 0.3) is 0 Å². The molecule has 0 aromatic rings. The topological polar surface area (TPSA) is 386 Å². The van der Waals surface area contributed by atoms with Crippen LogP contribution in [0.5, 0.6) is 0 Å². The number of carboxylic acids is 1. The number of amides is 9. The highest BCUT2D eigenvalue weighted by Gasteiger charge is 2.40. The predicted molar refractivity (Wildman–Crippen MR) is 295 cm³/mol. The number of carbonyl (C=O) groups excluding carboxylic acids is 10. The van der Waals surface area contributed by atoms with Crippen LogP contribution < -0.4 is 47.9 Å². The van der Waals surface area contributed by atoms with Crippen molar-refractivity contribution in [2.75, 3.05) is 13.2 Å². The van der Waals surface area contributed by atoms with Gasteiger partial charge < -0.3 is 73.0 Å². The van der Waals surface area contributed by atoms with E-state index in [9.17, 15) is 73.2 Å². The molecule has 80 heavy (non-hydrogen) atoms. The van der Waals surface area contributed by atoms with Crippen LogP contribution in [0, 0.1) is 29.6 Å². The van der Waals surface area contributed by atoms with Crippen LogP contribution in [0.15, 0.2) is 0 Å². The summed E-state index contributed by atoms with van der Waals surface area (Å²) >= 11 is 0. The van der Waals surface area contributed by atoms with Crippen LogP contribution in [-0.4, -0.2) is 165 Å². The highest BCUT2D eigenvalue weighted by molar-refractivity contribution is 5.99. The fourth-order valence-electron chi connectivity index (χ4n) is 8.82. The molecule has 0 saturated carbocycles. The Hall–Kier alpha value is -5.95. The average molecular weight is 1140 g/mol. The fourth-order valence-corrected chi connectivity index (χ4v) is 8.82. The van der Waals surface area contributed by atoms with E-state index >= 15 is 0 Å². The lowest BCUT2D eigenvalue weighted by Gasteiger charge is -2.32. The van der Waals surface area contributed by atoms with Gasteiger partial charge in [0.1, 0.15) is 60.5 Å². The van der Waals surface area contributed by atoms with Gasteiger partial charge in [0.2, 0.25) is 53.2 Å². The summed E-state index contributed by atoms with van der Waals surface area (Å²) in [7, 11) is 0. The number of nitrogens with one attached hydrogen (secondary N) is 9. The lowest BCUT2D eigenvalue weighted by Crippen LogP contribution is -2.63. The number of aliphatic carboxylic acids is 1. The van der Waals surface area contributed by atoms with E-state index in [-0.39, 0.29) is 62.2 Å². The average Bonchev–Trinajstić information content (AvgIpc) is 3.36. The lowest BCUT2D eigenvalue weighted by atomic mass is 9.96. The summed E-state index contributed by atoms with van der Waals surface area (Å²) in [5.74, 6) is -12.9. The molecule has 9 amide bonds. The normalized spacial score (nSPS) is 23.9. The van der Waals surface area contributed by atoms with Gasteiger partial charge in [0.15, 0.2) is 0 Å². The predicted octanol–water partition coefficient (Wildman–Crippen LogP) is 0.486. The van der Waals surface area contributed by atoms with Crippen molar-refractivity contribution >= 4 is 65.1 Å². The van der Waals surface area contributed by atoms with E-state index in [0.717, 1.165) is 25.7 Å². The standard InChI is InChI=1S/C55H97N9O16/c1-13-15-16-17-18-19-35(67)26-43(68)56-37(22-29(3)4)48(72)57-36(20-21-44(69)70)47(71)64-46-34(12)80-55(79)40(25-32(9)10)60-52(76)42(28-66)62-49(73)38(23-30(5)6)58-51(75)41(27-65)61-50(74)39(24-31(7)8)59-53(77)45(33(11)14-2)63-54(46)78/h29-42,45-46,65-67H,13-28H2,1-12H3,(H,56,68)(H,57,72)(H,58,75)(H,59,77)(H,60,76)(H,61,74)(H,62,73)(H,63,78)(H,64,71)(H,69,70)/t33-,34-,35-,36-,37+,38+,39+,40+,41-,42-,45-,46-/m1/s1. The third-order valence-electron chi connectivity index (χ3n) is 13.5. The van der Waals surface area contributed by atoms with Gasteiger partial charge >= 0.3 is 11.9 Å². The second kappa shape index (κ2) is 37.1. The van der Waals surface area contributed by atoms with Gasteiger partial charge in [-0.25, -0.2) is 4.79 Å². The van der Waals surface area contributed by atoms with Crippen molar-refractivity contribution in [2.24, 2.45) is 29.6 Å². The maximum atomic E-state index is 14.8. The Morgan fingerprint density at radius 1 is 0.562 bits per heavy atom. The molecule has 0 aliphatic carbocycles. The molecule has 12 atom stereocenters. The Labute approximate surface area is 471 Å². The molecule has 13 N–H and O–H groups in total. The molecule has 25 nitrogen and oxygen atoms in total. The summed E-state index contributed by atoms with van der Waals surface area (Å²) in [6.07, 6.45) is 0.971. The van der Waals surface area contributed by atoms with E-state index in [1.165, 1.54) is 6.92 Å².